The number of halogens is 6. The van der Waals surface area contributed by atoms with Gasteiger partial charge in [0.25, 0.3) is 6.43 Å². The van der Waals surface area contributed by atoms with Crippen molar-refractivity contribution < 1.29 is 22.0 Å². The SMILES string of the molecule is O=c1cc(C(F)F)c(CCl)c(C(F)(F)F)[nH]1. The molecular weight excluding hydrogens is 257 g/mol. The Hall–Kier alpha value is -1.11. The maximum absolute atomic E-state index is 12.4. The van der Waals surface area contributed by atoms with Crippen LogP contribution in [0.15, 0.2) is 10.9 Å². The molecule has 0 unspecified atom stereocenters. The number of aromatic nitrogens is 1. The molecule has 0 atom stereocenters. The van der Waals surface area contributed by atoms with Crippen LogP contribution >= 0.6 is 11.6 Å². The highest BCUT2D eigenvalue weighted by Crippen LogP contribution is 2.34. The lowest BCUT2D eigenvalue weighted by Gasteiger charge is -2.13. The summed E-state index contributed by atoms with van der Waals surface area (Å²) in [5, 5.41) is 0. The van der Waals surface area contributed by atoms with E-state index in [1.54, 1.807) is 0 Å². The summed E-state index contributed by atoms with van der Waals surface area (Å²) >= 11 is 5.18. The second-order valence-electron chi connectivity index (χ2n) is 2.87. The molecule has 0 saturated heterocycles. The summed E-state index contributed by atoms with van der Waals surface area (Å²) in [5.41, 5.74) is -4.56. The third-order valence-electron chi connectivity index (χ3n) is 1.84. The van der Waals surface area contributed by atoms with Crippen molar-refractivity contribution in [1.82, 2.24) is 4.98 Å². The van der Waals surface area contributed by atoms with Gasteiger partial charge in [-0.15, -0.1) is 11.6 Å². The molecule has 2 nitrogen and oxygen atoms in total. The molecule has 0 aliphatic rings. The molecule has 0 aliphatic heterocycles. The molecule has 0 radical (unpaired) electrons. The molecule has 0 fully saturated rings. The fourth-order valence-corrected chi connectivity index (χ4v) is 1.48. The zero-order valence-electron chi connectivity index (χ0n) is 7.54. The van der Waals surface area contributed by atoms with Gasteiger partial charge in [-0.25, -0.2) is 8.78 Å². The first-order valence-electron chi connectivity index (χ1n) is 3.94. The summed E-state index contributed by atoms with van der Waals surface area (Å²) in [7, 11) is 0. The Morgan fingerprint density at radius 1 is 1.38 bits per heavy atom. The molecule has 1 N–H and O–H groups in total. The van der Waals surface area contributed by atoms with E-state index in [9.17, 15) is 26.7 Å². The summed E-state index contributed by atoms with van der Waals surface area (Å²) < 4.78 is 61.9. The van der Waals surface area contributed by atoms with Crippen LogP contribution in [0, 0.1) is 0 Å². The molecule has 0 saturated carbocycles. The van der Waals surface area contributed by atoms with Gasteiger partial charge in [-0.05, 0) is 0 Å². The van der Waals surface area contributed by atoms with Gasteiger partial charge in [-0.2, -0.15) is 13.2 Å². The van der Waals surface area contributed by atoms with Crippen molar-refractivity contribution in [3.8, 4) is 0 Å². The van der Waals surface area contributed by atoms with Gasteiger partial charge in [-0.1, -0.05) is 0 Å². The molecule has 0 aromatic carbocycles. The molecular formula is C8H5ClF5NO. The molecule has 16 heavy (non-hydrogen) atoms. The molecule has 8 heteroatoms. The quantitative estimate of drug-likeness (QED) is 0.644. The Bertz CT molecular complexity index is 439. The van der Waals surface area contributed by atoms with Crippen molar-refractivity contribution in [2.24, 2.45) is 0 Å². The van der Waals surface area contributed by atoms with Crippen LogP contribution in [-0.4, -0.2) is 4.98 Å². The van der Waals surface area contributed by atoms with Gasteiger partial charge in [0.2, 0.25) is 5.56 Å². The van der Waals surface area contributed by atoms with Crippen molar-refractivity contribution in [2.45, 2.75) is 18.5 Å². The third-order valence-corrected chi connectivity index (χ3v) is 2.10. The Morgan fingerprint density at radius 3 is 2.31 bits per heavy atom. The lowest BCUT2D eigenvalue weighted by molar-refractivity contribution is -0.142. The molecule has 0 aliphatic carbocycles. The minimum absolute atomic E-state index is 0.414. The summed E-state index contributed by atoms with van der Waals surface area (Å²) in [5.74, 6) is -0.759. The van der Waals surface area contributed by atoms with Gasteiger partial charge in [0.05, 0.1) is 0 Å². The van der Waals surface area contributed by atoms with Crippen LogP contribution in [0.1, 0.15) is 23.2 Å². The maximum Gasteiger partial charge on any atom is 0.431 e. The molecule has 1 aromatic rings. The van der Waals surface area contributed by atoms with E-state index in [-0.39, 0.29) is 0 Å². The van der Waals surface area contributed by atoms with E-state index >= 15 is 0 Å². The van der Waals surface area contributed by atoms with E-state index in [0.717, 1.165) is 0 Å². The van der Waals surface area contributed by atoms with Gasteiger partial charge < -0.3 is 4.98 Å². The van der Waals surface area contributed by atoms with Gasteiger partial charge in [0, 0.05) is 23.1 Å². The number of nitrogens with one attached hydrogen (secondary N) is 1. The second kappa shape index (κ2) is 4.40. The number of hydrogen-bond donors (Lipinski definition) is 1. The summed E-state index contributed by atoms with van der Waals surface area (Å²) in [6.45, 7) is 0. The minimum atomic E-state index is -4.92. The summed E-state index contributed by atoms with van der Waals surface area (Å²) in [6, 6.07) is 0.414. The molecule has 1 rings (SSSR count). The molecule has 0 bridgehead atoms. The number of alkyl halides is 6. The molecule has 1 aromatic heterocycles. The average molecular weight is 262 g/mol. The lowest BCUT2D eigenvalue weighted by Crippen LogP contribution is -2.20. The first kappa shape index (κ1) is 13.0. The molecule has 0 amide bonds. The number of rotatable bonds is 2. The van der Waals surface area contributed by atoms with Gasteiger partial charge >= 0.3 is 6.18 Å². The fourth-order valence-electron chi connectivity index (χ4n) is 1.19. The Balaban J connectivity index is 3.55. The first-order chi connectivity index (χ1) is 7.27. The van der Waals surface area contributed by atoms with Crippen molar-refractivity contribution >= 4 is 11.6 Å². The first-order valence-corrected chi connectivity index (χ1v) is 4.48. The van der Waals surface area contributed by atoms with E-state index in [1.165, 1.54) is 4.98 Å². The summed E-state index contributed by atoms with van der Waals surface area (Å²) in [6.07, 6.45) is -8.11. The molecule has 0 spiro atoms. The van der Waals surface area contributed by atoms with Crippen LogP contribution in [0.5, 0.6) is 0 Å². The highest BCUT2D eigenvalue weighted by molar-refractivity contribution is 6.17. The van der Waals surface area contributed by atoms with E-state index in [4.69, 9.17) is 11.6 Å². The largest absolute Gasteiger partial charge is 0.431 e. The number of H-pyrrole nitrogens is 1. The smallest absolute Gasteiger partial charge is 0.318 e. The van der Waals surface area contributed by atoms with Crippen LogP contribution in [0.2, 0.25) is 0 Å². The van der Waals surface area contributed by atoms with E-state index < -0.39 is 40.9 Å². The average Bonchev–Trinajstić information content (AvgIpc) is 2.14. The third kappa shape index (κ3) is 2.52. The van der Waals surface area contributed by atoms with Crippen LogP contribution in [0.3, 0.4) is 0 Å². The summed E-state index contributed by atoms with van der Waals surface area (Å²) in [4.78, 5) is 12.3. The van der Waals surface area contributed by atoms with Crippen molar-refractivity contribution in [1.29, 1.82) is 0 Å². The van der Waals surface area contributed by atoms with Crippen molar-refractivity contribution in [2.75, 3.05) is 0 Å². The topological polar surface area (TPSA) is 32.9 Å². The van der Waals surface area contributed by atoms with Crippen molar-refractivity contribution in [3.63, 3.8) is 0 Å². The maximum atomic E-state index is 12.4. The fraction of sp³-hybridized carbons (Fsp3) is 0.375. The van der Waals surface area contributed by atoms with E-state index in [0.29, 0.717) is 6.07 Å². The van der Waals surface area contributed by atoms with Crippen LogP contribution in [0.25, 0.3) is 0 Å². The normalized spacial score (nSPS) is 12.2. The zero-order valence-corrected chi connectivity index (χ0v) is 8.29. The zero-order chi connectivity index (χ0) is 12.5. The Morgan fingerprint density at radius 2 is 1.94 bits per heavy atom. The van der Waals surface area contributed by atoms with Gasteiger partial charge in [0.15, 0.2) is 0 Å². The highest BCUT2D eigenvalue weighted by atomic mass is 35.5. The van der Waals surface area contributed by atoms with Crippen molar-refractivity contribution in [3.05, 3.63) is 33.2 Å². The van der Waals surface area contributed by atoms with Gasteiger partial charge in [0.1, 0.15) is 5.69 Å². The molecule has 90 valence electrons. The van der Waals surface area contributed by atoms with E-state index in [1.807, 2.05) is 0 Å². The lowest BCUT2D eigenvalue weighted by atomic mass is 10.1. The Labute approximate surface area is 91.0 Å². The van der Waals surface area contributed by atoms with Crippen LogP contribution < -0.4 is 5.56 Å². The monoisotopic (exact) mass is 261 g/mol. The Kier molecular flexibility index (Phi) is 3.57. The number of aromatic amines is 1. The predicted molar refractivity (Wildman–Crippen MR) is 46.6 cm³/mol. The number of pyridine rings is 1. The second-order valence-corrected chi connectivity index (χ2v) is 3.14. The van der Waals surface area contributed by atoms with Crippen LogP contribution in [-0.2, 0) is 12.1 Å². The predicted octanol–water partition coefficient (Wildman–Crippen LogP) is 3.07. The molecule has 1 heterocycles. The minimum Gasteiger partial charge on any atom is -0.318 e. The van der Waals surface area contributed by atoms with E-state index in [2.05, 4.69) is 0 Å². The van der Waals surface area contributed by atoms with Gasteiger partial charge in [-0.3, -0.25) is 4.79 Å². The highest BCUT2D eigenvalue weighted by Gasteiger charge is 2.36. The number of hydrogen-bond acceptors (Lipinski definition) is 1. The standard InChI is InChI=1S/C8H5ClF5NO/c9-2-4-3(7(10)11)1-5(16)15-6(4)8(12,13)14/h1,7H,2H2,(H,15,16). The van der Waals surface area contributed by atoms with Crippen LogP contribution in [0.4, 0.5) is 22.0 Å².